The van der Waals surface area contributed by atoms with E-state index in [0.29, 0.717) is 0 Å². The van der Waals surface area contributed by atoms with Gasteiger partial charge in [-0.05, 0) is 25.7 Å². The van der Waals surface area contributed by atoms with Crippen molar-refractivity contribution in [3.63, 3.8) is 0 Å². The minimum Gasteiger partial charge on any atom is -0.479 e. The highest BCUT2D eigenvalue weighted by atomic mass is 31.1. The fourth-order valence-corrected chi connectivity index (χ4v) is 2.40. The Hall–Kier alpha value is -0.600. The molecule has 0 amide bonds. The molecule has 0 saturated heterocycles. The van der Waals surface area contributed by atoms with E-state index < -0.39 is 25.7 Å². The van der Waals surface area contributed by atoms with Crippen LogP contribution in [-0.4, -0.2) is 21.5 Å². The zero-order valence-electron chi connectivity index (χ0n) is 8.77. The zero-order valence-corrected chi connectivity index (χ0v) is 9.93. The minimum atomic E-state index is -2.07. The lowest BCUT2D eigenvalue weighted by Gasteiger charge is -2.28. The molecule has 2 N–H and O–H groups in total. The molecule has 15 heavy (non-hydrogen) atoms. The van der Waals surface area contributed by atoms with Gasteiger partial charge < -0.3 is 14.8 Å². The van der Waals surface area contributed by atoms with Gasteiger partial charge in [-0.3, -0.25) is 0 Å². The maximum atomic E-state index is 10.9. The number of allylic oxidation sites excluding steroid dienone is 1. The molecule has 0 aromatic heterocycles. The van der Waals surface area contributed by atoms with Gasteiger partial charge in [-0.2, -0.15) is 0 Å². The van der Waals surface area contributed by atoms with Gasteiger partial charge in [0.15, 0.2) is 0 Å². The number of hydrogen-bond acceptors (Lipinski definition) is 3. The third-order valence-corrected chi connectivity index (χ3v) is 4.17. The Morgan fingerprint density at radius 1 is 1.60 bits per heavy atom. The molecule has 0 aromatic rings. The molecule has 1 aliphatic carbocycles. The molecule has 4 nitrogen and oxygen atoms in total. The summed E-state index contributed by atoms with van der Waals surface area (Å²) in [6.07, 6.45) is 5.81. The summed E-state index contributed by atoms with van der Waals surface area (Å²) in [4.78, 5) is 10.9. The molecule has 0 spiro atoms. The van der Waals surface area contributed by atoms with Crippen molar-refractivity contribution < 1.29 is 19.6 Å². The topological polar surface area (TPSA) is 74.6 Å². The van der Waals surface area contributed by atoms with Crippen LogP contribution in [0.3, 0.4) is 0 Å². The maximum Gasteiger partial charge on any atom is 0.343 e. The molecular formula is C10H17O4P. The van der Waals surface area contributed by atoms with Crippen molar-refractivity contribution in [2.24, 2.45) is 5.92 Å². The van der Waals surface area contributed by atoms with E-state index in [2.05, 4.69) is 0 Å². The molecule has 0 fully saturated rings. The van der Waals surface area contributed by atoms with Crippen molar-refractivity contribution >= 4 is 14.4 Å². The van der Waals surface area contributed by atoms with E-state index in [0.717, 1.165) is 31.3 Å². The fraction of sp³-hybridized carbons (Fsp3) is 0.700. The number of carboxylic acids is 1. The Labute approximate surface area is 90.2 Å². The minimum absolute atomic E-state index is 0.553. The second-order valence-electron chi connectivity index (χ2n) is 3.99. The smallest absolute Gasteiger partial charge is 0.343 e. The highest BCUT2D eigenvalue weighted by Crippen LogP contribution is 2.37. The van der Waals surface area contributed by atoms with E-state index in [1.165, 1.54) is 0 Å². The normalized spacial score (nSPS) is 23.5. The first-order valence-electron chi connectivity index (χ1n) is 5.13. The number of carbonyl (C=O) groups is 1. The summed E-state index contributed by atoms with van der Waals surface area (Å²) in [5, 5.41) is 16.6. The van der Waals surface area contributed by atoms with Gasteiger partial charge in [0.2, 0.25) is 5.34 Å². The van der Waals surface area contributed by atoms with Crippen molar-refractivity contribution in [1.29, 1.82) is 0 Å². The Kier molecular flexibility index (Phi) is 4.12. The third-order valence-electron chi connectivity index (χ3n) is 3.06. The van der Waals surface area contributed by atoms with Gasteiger partial charge >= 0.3 is 5.97 Å². The van der Waals surface area contributed by atoms with Crippen LogP contribution in [-0.2, 0) is 9.36 Å². The van der Waals surface area contributed by atoms with Gasteiger partial charge in [-0.1, -0.05) is 18.6 Å². The number of carboxylic acid groups (broad SMARTS) is 1. The number of rotatable bonds is 4. The van der Waals surface area contributed by atoms with Crippen LogP contribution in [0.1, 0.15) is 32.6 Å². The lowest BCUT2D eigenvalue weighted by molar-refractivity contribution is -0.152. The summed E-state index contributed by atoms with van der Waals surface area (Å²) in [7, 11) is -1.75. The van der Waals surface area contributed by atoms with E-state index in [1.54, 1.807) is 6.92 Å². The van der Waals surface area contributed by atoms with Gasteiger partial charge in [0.25, 0.3) is 0 Å². The monoisotopic (exact) mass is 232 g/mol. The van der Waals surface area contributed by atoms with E-state index >= 15 is 0 Å². The van der Waals surface area contributed by atoms with E-state index in [9.17, 15) is 14.5 Å². The molecule has 0 radical (unpaired) electrons. The molecule has 0 saturated carbocycles. The van der Waals surface area contributed by atoms with Crippen LogP contribution in [0.5, 0.6) is 0 Å². The summed E-state index contributed by atoms with van der Waals surface area (Å²) in [6.45, 7) is 1.64. The molecule has 1 aliphatic rings. The third kappa shape index (κ3) is 2.50. The van der Waals surface area contributed by atoms with Crippen LogP contribution >= 0.6 is 8.46 Å². The van der Waals surface area contributed by atoms with Gasteiger partial charge in [0.1, 0.15) is 8.46 Å². The quantitative estimate of drug-likeness (QED) is 0.571. The van der Waals surface area contributed by atoms with Gasteiger partial charge in [0.05, 0.1) is 0 Å². The van der Waals surface area contributed by atoms with Crippen molar-refractivity contribution in [2.75, 3.05) is 0 Å². The second-order valence-corrected chi connectivity index (χ2v) is 5.11. The molecule has 0 bridgehead atoms. The Balaban J connectivity index is 2.89. The van der Waals surface area contributed by atoms with Gasteiger partial charge in [-0.15, -0.1) is 0 Å². The highest BCUT2D eigenvalue weighted by molar-refractivity contribution is 7.27. The average molecular weight is 232 g/mol. The van der Waals surface area contributed by atoms with Crippen LogP contribution in [0.15, 0.2) is 11.6 Å². The van der Waals surface area contributed by atoms with Crippen LogP contribution in [0.4, 0.5) is 0 Å². The van der Waals surface area contributed by atoms with Gasteiger partial charge in [0, 0.05) is 5.92 Å². The van der Waals surface area contributed by atoms with Crippen LogP contribution < -0.4 is 0 Å². The Morgan fingerprint density at radius 2 is 2.27 bits per heavy atom. The second kappa shape index (κ2) is 4.95. The fourth-order valence-electron chi connectivity index (χ4n) is 1.88. The Morgan fingerprint density at radius 3 is 2.67 bits per heavy atom. The van der Waals surface area contributed by atoms with Gasteiger partial charge in [-0.25, -0.2) is 4.79 Å². The molecule has 3 atom stereocenters. The number of aliphatic carboxylic acids is 1. The first-order chi connectivity index (χ1) is 7.02. The standard InChI is InChI=1S/C10H17O4P/c1-7(8-5-3-2-4-6-8)10(13,15-14)9(11)12/h5,7,13H,2-4,6,15H2,1H3,(H,11,12). The zero-order chi connectivity index (χ0) is 11.5. The van der Waals surface area contributed by atoms with E-state index in [4.69, 9.17) is 5.11 Å². The summed E-state index contributed by atoms with van der Waals surface area (Å²) < 4.78 is 10.9. The predicted octanol–water partition coefficient (Wildman–Crippen LogP) is 1.65. The largest absolute Gasteiger partial charge is 0.479 e. The predicted molar refractivity (Wildman–Crippen MR) is 58.7 cm³/mol. The summed E-state index contributed by atoms with van der Waals surface area (Å²) in [5.74, 6) is -1.94. The van der Waals surface area contributed by atoms with E-state index in [-0.39, 0.29) is 0 Å². The average Bonchev–Trinajstić information content (AvgIpc) is 2.28. The molecular weight excluding hydrogens is 215 g/mol. The van der Waals surface area contributed by atoms with Crippen LogP contribution in [0.2, 0.25) is 0 Å². The first-order valence-corrected chi connectivity index (χ1v) is 6.18. The van der Waals surface area contributed by atoms with Crippen LogP contribution in [0, 0.1) is 5.92 Å². The lowest BCUT2D eigenvalue weighted by Crippen LogP contribution is -2.40. The highest BCUT2D eigenvalue weighted by Gasteiger charge is 2.42. The number of hydrogen-bond donors (Lipinski definition) is 2. The summed E-state index contributed by atoms with van der Waals surface area (Å²) >= 11 is 0. The summed E-state index contributed by atoms with van der Waals surface area (Å²) in [5.41, 5.74) is 0.925. The molecule has 5 heteroatoms. The van der Waals surface area contributed by atoms with Crippen molar-refractivity contribution in [3.05, 3.63) is 11.6 Å². The first kappa shape index (κ1) is 12.5. The summed E-state index contributed by atoms with van der Waals surface area (Å²) in [6, 6.07) is 0. The maximum absolute atomic E-state index is 10.9. The van der Waals surface area contributed by atoms with Crippen molar-refractivity contribution in [2.45, 2.75) is 37.9 Å². The van der Waals surface area contributed by atoms with Crippen molar-refractivity contribution in [1.82, 2.24) is 0 Å². The molecule has 0 heterocycles. The molecule has 86 valence electrons. The van der Waals surface area contributed by atoms with Crippen LogP contribution in [0.25, 0.3) is 0 Å². The van der Waals surface area contributed by atoms with E-state index in [1.807, 2.05) is 6.08 Å². The molecule has 0 aliphatic heterocycles. The lowest BCUT2D eigenvalue weighted by atomic mass is 9.86. The SMILES string of the molecule is CC(C1=CCCCC1)C(O)([PH2]=O)C(=O)O. The molecule has 1 rings (SSSR count). The Bertz CT molecular complexity index is 300. The number of aliphatic hydroxyl groups is 1. The molecule has 3 unspecified atom stereocenters. The molecule has 0 aromatic carbocycles. The van der Waals surface area contributed by atoms with Crippen molar-refractivity contribution in [3.8, 4) is 0 Å².